The Morgan fingerprint density at radius 3 is 2.68 bits per heavy atom. The number of nitrogens with zero attached hydrogens (tertiary/aromatic N) is 2. The highest BCUT2D eigenvalue weighted by Gasteiger charge is 2.34. The number of aliphatic carboxylic acids is 1. The van der Waals surface area contributed by atoms with Gasteiger partial charge in [0.2, 0.25) is 0 Å². The van der Waals surface area contributed by atoms with Crippen molar-refractivity contribution in [1.29, 1.82) is 0 Å². The molecule has 0 aliphatic carbocycles. The van der Waals surface area contributed by atoms with Gasteiger partial charge >= 0.3 is 5.97 Å². The Labute approximate surface area is 117 Å². The van der Waals surface area contributed by atoms with Crippen LogP contribution in [-0.4, -0.2) is 60.1 Å². The van der Waals surface area contributed by atoms with E-state index in [1.165, 1.54) is 19.4 Å². The Morgan fingerprint density at radius 1 is 1.47 bits per heavy atom. The SMILES string of the molecule is CCCC(C)(CN(C)CC1CCCN1CC)C(=O)O. The molecule has 1 rings (SSSR count). The van der Waals surface area contributed by atoms with Crippen molar-refractivity contribution in [3.8, 4) is 0 Å². The maximum atomic E-state index is 11.5. The topological polar surface area (TPSA) is 43.8 Å². The van der Waals surface area contributed by atoms with Crippen LogP contribution in [0.25, 0.3) is 0 Å². The molecule has 2 unspecified atom stereocenters. The minimum atomic E-state index is -0.667. The third-order valence-corrected chi connectivity index (χ3v) is 4.36. The summed E-state index contributed by atoms with van der Waals surface area (Å²) in [6.07, 6.45) is 4.18. The summed E-state index contributed by atoms with van der Waals surface area (Å²) < 4.78 is 0. The molecule has 4 nitrogen and oxygen atoms in total. The monoisotopic (exact) mass is 270 g/mol. The van der Waals surface area contributed by atoms with E-state index in [1.807, 2.05) is 6.92 Å². The molecular formula is C15H30N2O2. The molecule has 1 saturated heterocycles. The minimum absolute atomic E-state index is 0.606. The van der Waals surface area contributed by atoms with E-state index in [0.29, 0.717) is 12.6 Å². The van der Waals surface area contributed by atoms with Crippen molar-refractivity contribution < 1.29 is 9.90 Å². The Kier molecular flexibility index (Phi) is 6.27. The van der Waals surface area contributed by atoms with Crippen molar-refractivity contribution in [2.75, 3.05) is 33.2 Å². The van der Waals surface area contributed by atoms with Gasteiger partial charge in [-0.05, 0) is 46.3 Å². The predicted octanol–water partition coefficient (Wildman–Crippen LogP) is 2.29. The van der Waals surface area contributed by atoms with Gasteiger partial charge in [-0.25, -0.2) is 0 Å². The molecule has 0 aromatic heterocycles. The number of carboxylic acid groups (broad SMARTS) is 1. The number of likely N-dealkylation sites (N-methyl/N-ethyl adjacent to an activating group) is 2. The van der Waals surface area contributed by atoms with E-state index in [-0.39, 0.29) is 0 Å². The van der Waals surface area contributed by atoms with Crippen LogP contribution in [0.15, 0.2) is 0 Å². The average Bonchev–Trinajstić information content (AvgIpc) is 2.75. The van der Waals surface area contributed by atoms with Gasteiger partial charge in [-0.2, -0.15) is 0 Å². The van der Waals surface area contributed by atoms with Crippen molar-refractivity contribution in [3.05, 3.63) is 0 Å². The summed E-state index contributed by atoms with van der Waals surface area (Å²) in [6, 6.07) is 0.606. The second-order valence-corrected chi connectivity index (χ2v) is 6.24. The molecule has 1 heterocycles. The second-order valence-electron chi connectivity index (χ2n) is 6.24. The summed E-state index contributed by atoms with van der Waals surface area (Å²) in [5.74, 6) is -0.667. The van der Waals surface area contributed by atoms with Crippen molar-refractivity contribution in [1.82, 2.24) is 9.80 Å². The zero-order valence-corrected chi connectivity index (χ0v) is 13.0. The maximum Gasteiger partial charge on any atom is 0.310 e. The van der Waals surface area contributed by atoms with Crippen LogP contribution in [0.2, 0.25) is 0 Å². The molecule has 1 fully saturated rings. The molecule has 0 bridgehead atoms. The number of carboxylic acids is 1. The van der Waals surface area contributed by atoms with E-state index in [1.54, 1.807) is 0 Å². The van der Waals surface area contributed by atoms with Gasteiger partial charge in [0.1, 0.15) is 0 Å². The molecule has 1 aliphatic rings. The van der Waals surface area contributed by atoms with E-state index < -0.39 is 11.4 Å². The van der Waals surface area contributed by atoms with Crippen LogP contribution in [0.5, 0.6) is 0 Å². The lowest BCUT2D eigenvalue weighted by atomic mass is 9.85. The fraction of sp³-hybridized carbons (Fsp3) is 0.933. The summed E-state index contributed by atoms with van der Waals surface area (Å²) in [4.78, 5) is 16.2. The van der Waals surface area contributed by atoms with Crippen LogP contribution in [0.4, 0.5) is 0 Å². The lowest BCUT2D eigenvalue weighted by Gasteiger charge is -2.33. The van der Waals surface area contributed by atoms with Crippen LogP contribution in [0.1, 0.15) is 46.5 Å². The van der Waals surface area contributed by atoms with Crippen LogP contribution < -0.4 is 0 Å². The Bertz CT molecular complexity index is 296. The van der Waals surface area contributed by atoms with E-state index in [4.69, 9.17) is 0 Å². The van der Waals surface area contributed by atoms with Gasteiger partial charge in [0.25, 0.3) is 0 Å². The predicted molar refractivity (Wildman–Crippen MR) is 78.4 cm³/mol. The van der Waals surface area contributed by atoms with Crippen LogP contribution in [0, 0.1) is 5.41 Å². The fourth-order valence-corrected chi connectivity index (χ4v) is 3.34. The Morgan fingerprint density at radius 2 is 2.16 bits per heavy atom. The zero-order chi connectivity index (χ0) is 14.5. The maximum absolute atomic E-state index is 11.5. The van der Waals surface area contributed by atoms with Crippen molar-refractivity contribution >= 4 is 5.97 Å². The third-order valence-electron chi connectivity index (χ3n) is 4.36. The third kappa shape index (κ3) is 4.46. The summed E-state index contributed by atoms with van der Waals surface area (Å²) >= 11 is 0. The minimum Gasteiger partial charge on any atom is -0.481 e. The molecule has 0 saturated carbocycles. The van der Waals surface area contributed by atoms with E-state index in [2.05, 4.69) is 30.7 Å². The lowest BCUT2D eigenvalue weighted by molar-refractivity contribution is -0.149. The van der Waals surface area contributed by atoms with Gasteiger partial charge in [0.05, 0.1) is 5.41 Å². The molecule has 4 heteroatoms. The van der Waals surface area contributed by atoms with E-state index in [9.17, 15) is 9.90 Å². The van der Waals surface area contributed by atoms with Gasteiger partial charge in [-0.1, -0.05) is 20.3 Å². The molecular weight excluding hydrogens is 240 g/mol. The summed E-state index contributed by atoms with van der Waals surface area (Å²) in [7, 11) is 2.06. The molecule has 1 N–H and O–H groups in total. The molecule has 0 aromatic carbocycles. The Hall–Kier alpha value is -0.610. The van der Waals surface area contributed by atoms with Crippen molar-refractivity contribution in [2.45, 2.75) is 52.5 Å². The fourth-order valence-electron chi connectivity index (χ4n) is 3.34. The van der Waals surface area contributed by atoms with Crippen molar-refractivity contribution in [2.24, 2.45) is 5.41 Å². The van der Waals surface area contributed by atoms with Crippen LogP contribution in [0.3, 0.4) is 0 Å². The van der Waals surface area contributed by atoms with Gasteiger partial charge in [0, 0.05) is 19.1 Å². The van der Waals surface area contributed by atoms with Crippen LogP contribution >= 0.6 is 0 Å². The molecule has 0 spiro atoms. The summed E-state index contributed by atoms with van der Waals surface area (Å²) in [5.41, 5.74) is -0.612. The first kappa shape index (κ1) is 16.4. The highest BCUT2D eigenvalue weighted by Crippen LogP contribution is 2.26. The number of hydrogen-bond donors (Lipinski definition) is 1. The molecule has 112 valence electrons. The number of hydrogen-bond acceptors (Lipinski definition) is 3. The largest absolute Gasteiger partial charge is 0.481 e. The quantitative estimate of drug-likeness (QED) is 0.735. The van der Waals surface area contributed by atoms with Crippen LogP contribution in [-0.2, 0) is 4.79 Å². The highest BCUT2D eigenvalue weighted by atomic mass is 16.4. The number of carbonyl (C=O) groups is 1. The van der Waals surface area contributed by atoms with Gasteiger partial charge in [0.15, 0.2) is 0 Å². The molecule has 1 aliphatic heterocycles. The standard InChI is InChI=1S/C15H30N2O2/c1-5-9-15(3,14(18)19)12-16(4)11-13-8-7-10-17(13)6-2/h13H,5-12H2,1-4H3,(H,18,19). The molecule has 0 amide bonds. The van der Waals surface area contributed by atoms with Gasteiger partial charge < -0.3 is 10.0 Å². The lowest BCUT2D eigenvalue weighted by Crippen LogP contribution is -2.45. The molecule has 0 radical (unpaired) electrons. The molecule has 19 heavy (non-hydrogen) atoms. The first-order valence-corrected chi connectivity index (χ1v) is 7.59. The second kappa shape index (κ2) is 7.25. The van der Waals surface area contributed by atoms with E-state index in [0.717, 1.165) is 25.9 Å². The zero-order valence-electron chi connectivity index (χ0n) is 13.0. The molecule has 2 atom stereocenters. The first-order valence-electron chi connectivity index (χ1n) is 7.59. The molecule has 0 aromatic rings. The normalized spacial score (nSPS) is 23.7. The highest BCUT2D eigenvalue weighted by molar-refractivity contribution is 5.74. The summed E-state index contributed by atoms with van der Waals surface area (Å²) in [6.45, 7) is 10.1. The number of rotatable bonds is 8. The first-order chi connectivity index (χ1) is 8.92. The van der Waals surface area contributed by atoms with Crippen molar-refractivity contribution in [3.63, 3.8) is 0 Å². The van der Waals surface area contributed by atoms with E-state index >= 15 is 0 Å². The van der Waals surface area contributed by atoms with Gasteiger partial charge in [-0.15, -0.1) is 0 Å². The Balaban J connectivity index is 2.53. The van der Waals surface area contributed by atoms with Gasteiger partial charge in [-0.3, -0.25) is 9.69 Å². The smallest absolute Gasteiger partial charge is 0.310 e. The number of likely N-dealkylation sites (tertiary alicyclic amines) is 1. The average molecular weight is 270 g/mol. The summed E-state index contributed by atoms with van der Waals surface area (Å²) in [5, 5.41) is 9.43.